The fourth-order valence-electron chi connectivity index (χ4n) is 3.50. The normalized spacial score (nSPS) is 15.9. The number of fused-ring (bicyclic) bond motifs is 1. The Bertz CT molecular complexity index is 952. The fraction of sp³-hybridized carbons (Fsp3) is 0.190. The molecule has 1 aliphatic heterocycles. The average Bonchev–Trinajstić information content (AvgIpc) is 3.16. The van der Waals surface area contributed by atoms with Crippen molar-refractivity contribution in [3.05, 3.63) is 83.1 Å². The maximum absolute atomic E-state index is 13.1. The molecule has 0 bridgehead atoms. The van der Waals surface area contributed by atoms with Crippen LogP contribution in [-0.4, -0.2) is 29.2 Å². The number of rotatable bonds is 3. The number of ether oxygens (including phenoxy) is 1. The minimum absolute atomic E-state index is 0.148. The third-order valence-electron chi connectivity index (χ3n) is 4.81. The highest BCUT2D eigenvalue weighted by Crippen LogP contribution is 2.33. The zero-order valence-electron chi connectivity index (χ0n) is 14.9. The van der Waals surface area contributed by atoms with Crippen LogP contribution in [0.3, 0.4) is 0 Å². The lowest BCUT2D eigenvalue weighted by molar-refractivity contribution is 0.182. The molecule has 1 atom stereocenters. The monoisotopic (exact) mass is 381 g/mol. The van der Waals surface area contributed by atoms with E-state index in [0.717, 1.165) is 23.6 Å². The molecule has 1 aromatic heterocycles. The summed E-state index contributed by atoms with van der Waals surface area (Å²) >= 11 is 6.04. The van der Waals surface area contributed by atoms with Gasteiger partial charge in [0.25, 0.3) is 0 Å². The van der Waals surface area contributed by atoms with Crippen LogP contribution in [0.25, 0.3) is 0 Å². The van der Waals surface area contributed by atoms with E-state index in [9.17, 15) is 4.79 Å². The van der Waals surface area contributed by atoms with Crippen molar-refractivity contribution in [2.24, 2.45) is 0 Å². The Labute approximate surface area is 163 Å². The maximum atomic E-state index is 13.1. The van der Waals surface area contributed by atoms with Crippen LogP contribution in [0.5, 0.6) is 5.75 Å². The van der Waals surface area contributed by atoms with Crippen LogP contribution in [0.4, 0.5) is 10.5 Å². The van der Waals surface area contributed by atoms with Crippen LogP contribution in [0.1, 0.15) is 17.3 Å². The van der Waals surface area contributed by atoms with Crippen LogP contribution in [0.2, 0.25) is 5.02 Å². The third-order valence-corrected chi connectivity index (χ3v) is 5.04. The van der Waals surface area contributed by atoms with Crippen LogP contribution < -0.4 is 10.1 Å². The van der Waals surface area contributed by atoms with Gasteiger partial charge in [-0.3, -0.25) is 0 Å². The first kappa shape index (κ1) is 17.5. The molecule has 2 aromatic carbocycles. The fourth-order valence-corrected chi connectivity index (χ4v) is 3.69. The number of nitrogens with zero attached hydrogens (tertiary/aromatic N) is 2. The predicted molar refractivity (Wildman–Crippen MR) is 106 cm³/mol. The van der Waals surface area contributed by atoms with Gasteiger partial charge in [0.1, 0.15) is 5.75 Å². The molecule has 1 N–H and O–H groups in total. The molecule has 27 heavy (non-hydrogen) atoms. The summed E-state index contributed by atoms with van der Waals surface area (Å²) in [6.07, 6.45) is 2.05. The molecular formula is C21H20ClN3O2. The molecule has 0 unspecified atom stereocenters. The molecule has 1 aliphatic rings. The van der Waals surface area contributed by atoms with E-state index in [1.54, 1.807) is 19.2 Å². The number of methoxy groups -OCH3 is 1. The lowest BCUT2D eigenvalue weighted by Crippen LogP contribution is -2.44. The number of nitrogens with one attached hydrogen (secondary N) is 1. The van der Waals surface area contributed by atoms with Gasteiger partial charge in [0.2, 0.25) is 0 Å². The second kappa shape index (κ2) is 7.37. The predicted octanol–water partition coefficient (Wildman–Crippen LogP) is 4.79. The van der Waals surface area contributed by atoms with Crippen molar-refractivity contribution in [1.82, 2.24) is 9.47 Å². The van der Waals surface area contributed by atoms with Gasteiger partial charge in [-0.15, -0.1) is 0 Å². The summed E-state index contributed by atoms with van der Waals surface area (Å²) in [6, 6.07) is 18.8. The minimum atomic E-state index is -0.168. The van der Waals surface area contributed by atoms with Gasteiger partial charge in [0.05, 0.1) is 13.2 Å². The molecule has 2 heterocycles. The Morgan fingerprint density at radius 3 is 2.67 bits per heavy atom. The summed E-state index contributed by atoms with van der Waals surface area (Å²) in [5.41, 5.74) is 2.81. The Kier molecular flexibility index (Phi) is 4.77. The summed E-state index contributed by atoms with van der Waals surface area (Å²) in [5, 5.41) is 3.56. The van der Waals surface area contributed by atoms with Gasteiger partial charge in [-0.05, 0) is 48.0 Å². The van der Waals surface area contributed by atoms with Gasteiger partial charge in [0, 0.05) is 35.7 Å². The number of hydrogen-bond acceptors (Lipinski definition) is 2. The molecule has 0 saturated heterocycles. The van der Waals surface area contributed by atoms with Gasteiger partial charge in [-0.2, -0.15) is 0 Å². The number of aromatic nitrogens is 1. The number of carbonyl (C=O) groups is 1. The van der Waals surface area contributed by atoms with Crippen molar-refractivity contribution in [3.8, 4) is 5.75 Å². The van der Waals surface area contributed by atoms with E-state index in [0.29, 0.717) is 17.3 Å². The van der Waals surface area contributed by atoms with Crippen LogP contribution in [0.15, 0.2) is 66.9 Å². The maximum Gasteiger partial charge on any atom is 0.322 e. The highest BCUT2D eigenvalue weighted by atomic mass is 35.5. The third kappa shape index (κ3) is 3.51. The van der Waals surface area contributed by atoms with Crippen molar-refractivity contribution in [2.75, 3.05) is 19.0 Å². The number of benzene rings is 2. The molecule has 0 spiro atoms. The Morgan fingerprint density at radius 2 is 1.93 bits per heavy atom. The van der Waals surface area contributed by atoms with E-state index in [-0.39, 0.29) is 12.1 Å². The van der Waals surface area contributed by atoms with Gasteiger partial charge in [0.15, 0.2) is 0 Å². The Hall–Kier alpha value is -2.92. The van der Waals surface area contributed by atoms with E-state index in [2.05, 4.69) is 22.1 Å². The first-order valence-corrected chi connectivity index (χ1v) is 9.15. The van der Waals surface area contributed by atoms with Gasteiger partial charge >= 0.3 is 6.03 Å². The first-order valence-electron chi connectivity index (χ1n) is 8.78. The number of anilines is 1. The Morgan fingerprint density at radius 1 is 1.11 bits per heavy atom. The molecule has 5 nitrogen and oxygen atoms in total. The SMILES string of the molecule is COc1ccc([C@@H]2c3cccn3CCN2C(=O)Nc2cccc(Cl)c2)cc1. The lowest BCUT2D eigenvalue weighted by Gasteiger charge is -2.37. The second-order valence-electron chi connectivity index (χ2n) is 6.44. The molecule has 3 aromatic rings. The molecule has 2 amide bonds. The van der Waals surface area contributed by atoms with E-state index in [1.807, 2.05) is 47.4 Å². The molecule has 0 aliphatic carbocycles. The first-order chi connectivity index (χ1) is 13.2. The standard InChI is InChI=1S/C21H20ClN3O2/c1-27-18-9-7-15(8-10-18)20-19-6-3-11-24(19)12-13-25(20)21(26)23-17-5-2-4-16(22)14-17/h2-11,14,20H,12-13H2,1H3,(H,23,26)/t20-/m1/s1. The summed E-state index contributed by atoms with van der Waals surface area (Å²) in [5.74, 6) is 0.792. The number of amides is 2. The van der Waals surface area contributed by atoms with Crippen molar-refractivity contribution in [3.63, 3.8) is 0 Å². The van der Waals surface area contributed by atoms with Gasteiger partial charge < -0.3 is 19.5 Å². The highest BCUT2D eigenvalue weighted by Gasteiger charge is 2.32. The summed E-state index contributed by atoms with van der Waals surface area (Å²) in [7, 11) is 1.64. The smallest absolute Gasteiger partial charge is 0.322 e. The van der Waals surface area contributed by atoms with Gasteiger partial charge in [-0.1, -0.05) is 29.8 Å². The zero-order valence-corrected chi connectivity index (χ0v) is 15.7. The summed E-state index contributed by atoms with van der Waals surface area (Å²) < 4.78 is 7.46. The molecule has 4 rings (SSSR count). The number of halogens is 1. The van der Waals surface area contributed by atoms with E-state index < -0.39 is 0 Å². The van der Waals surface area contributed by atoms with Crippen LogP contribution >= 0.6 is 11.6 Å². The quantitative estimate of drug-likeness (QED) is 0.709. The molecule has 0 fully saturated rings. The van der Waals surface area contributed by atoms with Crippen molar-refractivity contribution in [2.45, 2.75) is 12.6 Å². The number of hydrogen-bond donors (Lipinski definition) is 1. The van der Waals surface area contributed by atoms with E-state index in [1.165, 1.54) is 0 Å². The van der Waals surface area contributed by atoms with Crippen molar-refractivity contribution < 1.29 is 9.53 Å². The van der Waals surface area contributed by atoms with Crippen molar-refractivity contribution in [1.29, 1.82) is 0 Å². The average molecular weight is 382 g/mol. The van der Waals surface area contributed by atoms with E-state index in [4.69, 9.17) is 16.3 Å². The van der Waals surface area contributed by atoms with Crippen LogP contribution in [0, 0.1) is 0 Å². The molecule has 0 radical (unpaired) electrons. The largest absolute Gasteiger partial charge is 0.497 e. The van der Waals surface area contributed by atoms with Crippen LogP contribution in [-0.2, 0) is 6.54 Å². The topological polar surface area (TPSA) is 46.5 Å². The van der Waals surface area contributed by atoms with Gasteiger partial charge in [-0.25, -0.2) is 4.79 Å². The van der Waals surface area contributed by atoms with E-state index >= 15 is 0 Å². The molecular weight excluding hydrogens is 362 g/mol. The summed E-state index contributed by atoms with van der Waals surface area (Å²) in [6.45, 7) is 1.38. The lowest BCUT2D eigenvalue weighted by atomic mass is 10.00. The molecule has 0 saturated carbocycles. The van der Waals surface area contributed by atoms with Crippen molar-refractivity contribution >= 4 is 23.3 Å². The minimum Gasteiger partial charge on any atom is -0.497 e. The Balaban J connectivity index is 1.66. The molecule has 6 heteroatoms. The molecule has 138 valence electrons. The zero-order chi connectivity index (χ0) is 18.8. The number of carbonyl (C=O) groups excluding carboxylic acids is 1. The summed E-state index contributed by atoms with van der Waals surface area (Å²) in [4.78, 5) is 14.9. The number of urea groups is 1. The highest BCUT2D eigenvalue weighted by molar-refractivity contribution is 6.30. The second-order valence-corrected chi connectivity index (χ2v) is 6.87.